The zero-order valence-electron chi connectivity index (χ0n) is 11.8. The standard InChI is InChI=1S/C14H12BrCl2N3O2/c1-7-12(16)14(13(17)8(2)19-7)22-6-11(21)20-10-4-3-9(15)5-18-10/h3-5H,6H2,1-2H3,(H,18,20,21). The van der Waals surface area contributed by atoms with E-state index in [1.165, 1.54) is 0 Å². The van der Waals surface area contributed by atoms with Crippen molar-refractivity contribution in [1.29, 1.82) is 0 Å². The molecule has 0 saturated carbocycles. The number of nitrogens with zero attached hydrogens (tertiary/aromatic N) is 2. The van der Waals surface area contributed by atoms with E-state index in [2.05, 4.69) is 31.2 Å². The van der Waals surface area contributed by atoms with Crippen LogP contribution in [0.4, 0.5) is 5.82 Å². The summed E-state index contributed by atoms with van der Waals surface area (Å²) in [5.41, 5.74) is 1.18. The Labute approximate surface area is 146 Å². The second-order valence-corrected chi connectivity index (χ2v) is 6.11. The summed E-state index contributed by atoms with van der Waals surface area (Å²) >= 11 is 15.5. The Balaban J connectivity index is 2.04. The Morgan fingerprint density at radius 1 is 1.27 bits per heavy atom. The number of aromatic nitrogens is 2. The molecular weight excluding hydrogens is 393 g/mol. The average Bonchev–Trinajstić information content (AvgIpc) is 2.47. The van der Waals surface area contributed by atoms with E-state index < -0.39 is 0 Å². The monoisotopic (exact) mass is 403 g/mol. The number of nitrogens with one attached hydrogen (secondary N) is 1. The third kappa shape index (κ3) is 4.09. The van der Waals surface area contributed by atoms with Crippen LogP contribution in [0.15, 0.2) is 22.8 Å². The maximum atomic E-state index is 11.9. The van der Waals surface area contributed by atoms with E-state index in [4.69, 9.17) is 27.9 Å². The second-order valence-electron chi connectivity index (χ2n) is 4.44. The van der Waals surface area contributed by atoms with Crippen LogP contribution in [0.5, 0.6) is 5.75 Å². The lowest BCUT2D eigenvalue weighted by Gasteiger charge is -2.12. The molecule has 0 saturated heterocycles. The van der Waals surface area contributed by atoms with Crippen LogP contribution in [-0.4, -0.2) is 22.5 Å². The minimum atomic E-state index is -0.367. The number of aryl methyl sites for hydroxylation is 2. The molecule has 2 aromatic rings. The van der Waals surface area contributed by atoms with Gasteiger partial charge in [-0.05, 0) is 41.9 Å². The van der Waals surface area contributed by atoms with Crippen molar-refractivity contribution in [2.45, 2.75) is 13.8 Å². The molecule has 0 aliphatic carbocycles. The number of amides is 1. The molecule has 0 fully saturated rings. The molecule has 116 valence electrons. The highest BCUT2D eigenvalue weighted by atomic mass is 79.9. The molecule has 8 heteroatoms. The number of carbonyl (C=O) groups is 1. The number of hydrogen-bond acceptors (Lipinski definition) is 4. The molecule has 1 N–H and O–H groups in total. The van der Waals surface area contributed by atoms with Crippen LogP contribution in [0.3, 0.4) is 0 Å². The quantitative estimate of drug-likeness (QED) is 0.829. The predicted octanol–water partition coefficient (Wildman–Crippen LogP) is 4.18. The molecule has 0 bridgehead atoms. The van der Waals surface area contributed by atoms with Gasteiger partial charge in [-0.2, -0.15) is 0 Å². The molecule has 0 aromatic carbocycles. The van der Waals surface area contributed by atoms with E-state index in [0.29, 0.717) is 27.3 Å². The van der Waals surface area contributed by atoms with Gasteiger partial charge in [-0.1, -0.05) is 23.2 Å². The van der Waals surface area contributed by atoms with Crippen LogP contribution in [0.25, 0.3) is 0 Å². The van der Waals surface area contributed by atoms with Crippen LogP contribution >= 0.6 is 39.1 Å². The van der Waals surface area contributed by atoms with E-state index in [1.807, 2.05) is 0 Å². The molecule has 2 aromatic heterocycles. The van der Waals surface area contributed by atoms with Gasteiger partial charge in [-0.15, -0.1) is 0 Å². The third-order valence-corrected chi connectivity index (χ3v) is 4.07. The van der Waals surface area contributed by atoms with Crippen LogP contribution in [0, 0.1) is 13.8 Å². The Kier molecular flexibility index (Phi) is 5.61. The highest BCUT2D eigenvalue weighted by molar-refractivity contribution is 9.10. The number of carbonyl (C=O) groups excluding carboxylic acids is 1. The fourth-order valence-electron chi connectivity index (χ4n) is 1.67. The molecule has 0 unspecified atom stereocenters. The fraction of sp³-hybridized carbons (Fsp3) is 0.214. The number of pyridine rings is 2. The minimum absolute atomic E-state index is 0.236. The first-order valence-electron chi connectivity index (χ1n) is 6.25. The molecular formula is C14H12BrCl2N3O2. The van der Waals surface area contributed by atoms with Crippen molar-refractivity contribution in [2.75, 3.05) is 11.9 Å². The van der Waals surface area contributed by atoms with E-state index in [-0.39, 0.29) is 18.3 Å². The number of rotatable bonds is 4. The van der Waals surface area contributed by atoms with E-state index in [1.54, 1.807) is 32.2 Å². The van der Waals surface area contributed by atoms with Gasteiger partial charge in [-0.25, -0.2) is 4.98 Å². The molecule has 1 amide bonds. The smallest absolute Gasteiger partial charge is 0.263 e. The summed E-state index contributed by atoms with van der Waals surface area (Å²) in [7, 11) is 0. The van der Waals surface area contributed by atoms with Crippen LogP contribution < -0.4 is 10.1 Å². The zero-order valence-corrected chi connectivity index (χ0v) is 14.9. The molecule has 0 atom stereocenters. The number of ether oxygens (including phenoxy) is 1. The molecule has 0 aliphatic heterocycles. The summed E-state index contributed by atoms with van der Waals surface area (Å²) in [6.07, 6.45) is 1.58. The highest BCUT2D eigenvalue weighted by Gasteiger charge is 2.16. The van der Waals surface area contributed by atoms with Gasteiger partial charge in [0, 0.05) is 10.7 Å². The van der Waals surface area contributed by atoms with Crippen molar-refractivity contribution in [3.05, 3.63) is 44.2 Å². The lowest BCUT2D eigenvalue weighted by atomic mass is 10.3. The van der Waals surface area contributed by atoms with Gasteiger partial charge in [0.15, 0.2) is 12.4 Å². The Morgan fingerprint density at radius 3 is 2.45 bits per heavy atom. The van der Waals surface area contributed by atoms with E-state index in [0.717, 1.165) is 4.47 Å². The fourth-order valence-corrected chi connectivity index (χ4v) is 2.33. The summed E-state index contributed by atoms with van der Waals surface area (Å²) < 4.78 is 6.26. The zero-order chi connectivity index (χ0) is 16.3. The van der Waals surface area contributed by atoms with Crippen molar-refractivity contribution in [2.24, 2.45) is 0 Å². The lowest BCUT2D eigenvalue weighted by Crippen LogP contribution is -2.21. The van der Waals surface area contributed by atoms with Crippen LogP contribution in [0.1, 0.15) is 11.4 Å². The average molecular weight is 405 g/mol. The Hall–Kier alpha value is -1.37. The maximum Gasteiger partial charge on any atom is 0.263 e. The topological polar surface area (TPSA) is 64.1 Å². The highest BCUT2D eigenvalue weighted by Crippen LogP contribution is 2.36. The predicted molar refractivity (Wildman–Crippen MR) is 89.8 cm³/mol. The van der Waals surface area contributed by atoms with Crippen molar-refractivity contribution >= 4 is 50.9 Å². The first-order valence-corrected chi connectivity index (χ1v) is 7.79. The summed E-state index contributed by atoms with van der Waals surface area (Å²) in [5.74, 6) is 0.317. The van der Waals surface area contributed by atoms with Crippen molar-refractivity contribution in [1.82, 2.24) is 9.97 Å². The molecule has 2 rings (SSSR count). The first-order chi connectivity index (χ1) is 10.4. The normalized spacial score (nSPS) is 10.4. The summed E-state index contributed by atoms with van der Waals surface area (Å²) in [5, 5.41) is 3.20. The maximum absolute atomic E-state index is 11.9. The summed E-state index contributed by atoms with van der Waals surface area (Å²) in [6.45, 7) is 3.24. The number of halogens is 3. The van der Waals surface area contributed by atoms with Crippen LogP contribution in [-0.2, 0) is 4.79 Å². The Morgan fingerprint density at radius 2 is 1.91 bits per heavy atom. The van der Waals surface area contributed by atoms with Gasteiger partial charge in [0.05, 0.1) is 11.4 Å². The van der Waals surface area contributed by atoms with Crippen molar-refractivity contribution in [3.63, 3.8) is 0 Å². The summed E-state index contributed by atoms with van der Waals surface area (Å²) in [4.78, 5) is 20.1. The minimum Gasteiger partial charge on any atom is -0.480 e. The SMILES string of the molecule is Cc1nc(C)c(Cl)c(OCC(=O)Nc2ccc(Br)cn2)c1Cl. The second kappa shape index (κ2) is 7.26. The van der Waals surface area contributed by atoms with Gasteiger partial charge >= 0.3 is 0 Å². The van der Waals surface area contributed by atoms with Gasteiger partial charge in [-0.3, -0.25) is 9.78 Å². The number of anilines is 1. The largest absolute Gasteiger partial charge is 0.480 e. The van der Waals surface area contributed by atoms with Gasteiger partial charge in [0.2, 0.25) is 0 Å². The third-order valence-electron chi connectivity index (χ3n) is 2.71. The molecule has 0 spiro atoms. The van der Waals surface area contributed by atoms with Gasteiger partial charge < -0.3 is 10.1 Å². The van der Waals surface area contributed by atoms with E-state index >= 15 is 0 Å². The summed E-state index contributed by atoms with van der Waals surface area (Å²) in [6, 6.07) is 3.44. The molecule has 2 heterocycles. The molecule has 0 aliphatic rings. The van der Waals surface area contributed by atoms with Gasteiger partial charge in [0.1, 0.15) is 15.9 Å². The number of hydrogen-bond donors (Lipinski definition) is 1. The van der Waals surface area contributed by atoms with Gasteiger partial charge in [0.25, 0.3) is 5.91 Å². The Bertz CT molecular complexity index is 682. The molecule has 5 nitrogen and oxygen atoms in total. The molecule has 22 heavy (non-hydrogen) atoms. The van der Waals surface area contributed by atoms with Crippen molar-refractivity contribution in [3.8, 4) is 5.75 Å². The lowest BCUT2D eigenvalue weighted by molar-refractivity contribution is -0.118. The first kappa shape index (κ1) is 17.0. The van der Waals surface area contributed by atoms with Crippen molar-refractivity contribution < 1.29 is 9.53 Å². The van der Waals surface area contributed by atoms with E-state index in [9.17, 15) is 4.79 Å². The van der Waals surface area contributed by atoms with Crippen LogP contribution in [0.2, 0.25) is 10.0 Å². The molecule has 0 radical (unpaired) electrons.